The predicted molar refractivity (Wildman–Crippen MR) is 113 cm³/mol. The van der Waals surface area contributed by atoms with Crippen molar-refractivity contribution < 1.29 is 14.3 Å². The minimum atomic E-state index is -0.269. The Bertz CT molecular complexity index is 883. The minimum Gasteiger partial charge on any atom is -0.495 e. The van der Waals surface area contributed by atoms with Gasteiger partial charge in [0.05, 0.1) is 12.8 Å². The number of hydrazine groups is 1. The summed E-state index contributed by atoms with van der Waals surface area (Å²) >= 11 is 0. The first kappa shape index (κ1) is 20.3. The fourth-order valence-electron chi connectivity index (χ4n) is 4.08. The van der Waals surface area contributed by atoms with Crippen LogP contribution in [0.5, 0.6) is 5.75 Å². The van der Waals surface area contributed by atoms with Gasteiger partial charge in [-0.3, -0.25) is 14.6 Å². The molecular formula is C22H27N5O3. The number of methoxy groups -OCH3 is 1. The van der Waals surface area contributed by atoms with E-state index in [9.17, 15) is 9.59 Å². The van der Waals surface area contributed by atoms with Crippen molar-refractivity contribution in [3.63, 3.8) is 0 Å². The molecule has 1 aromatic heterocycles. The van der Waals surface area contributed by atoms with Gasteiger partial charge in [0.1, 0.15) is 11.8 Å². The maximum Gasteiger partial charge on any atom is 0.241 e. The molecule has 2 aliphatic heterocycles. The summed E-state index contributed by atoms with van der Waals surface area (Å²) in [6.45, 7) is 1.16. The van der Waals surface area contributed by atoms with E-state index in [4.69, 9.17) is 4.74 Å². The van der Waals surface area contributed by atoms with Crippen molar-refractivity contribution in [2.75, 3.05) is 25.5 Å². The molecule has 0 radical (unpaired) electrons. The number of hydrogen-bond acceptors (Lipinski definition) is 6. The molecule has 3 heterocycles. The van der Waals surface area contributed by atoms with Crippen LogP contribution in [-0.2, 0) is 9.59 Å². The number of rotatable bonds is 5. The van der Waals surface area contributed by atoms with Crippen molar-refractivity contribution in [1.82, 2.24) is 20.7 Å². The smallest absolute Gasteiger partial charge is 0.241 e. The van der Waals surface area contributed by atoms with Crippen LogP contribution >= 0.6 is 0 Å². The van der Waals surface area contributed by atoms with E-state index in [1.807, 2.05) is 47.5 Å². The van der Waals surface area contributed by atoms with Crippen LogP contribution in [0.2, 0.25) is 0 Å². The molecular weight excluding hydrogens is 382 g/mol. The molecule has 0 spiro atoms. The van der Waals surface area contributed by atoms with Gasteiger partial charge in [0.15, 0.2) is 0 Å². The Morgan fingerprint density at radius 3 is 2.67 bits per heavy atom. The number of amides is 2. The second-order valence-electron chi connectivity index (χ2n) is 7.71. The lowest BCUT2D eigenvalue weighted by Gasteiger charge is -2.33. The monoisotopic (exact) mass is 409 g/mol. The average molecular weight is 409 g/mol. The van der Waals surface area contributed by atoms with Crippen LogP contribution in [0.4, 0.5) is 5.69 Å². The van der Waals surface area contributed by atoms with E-state index < -0.39 is 0 Å². The van der Waals surface area contributed by atoms with Crippen molar-refractivity contribution >= 4 is 17.5 Å². The maximum atomic E-state index is 12.9. The number of carbonyl (C=O) groups excluding carboxylic acids is 2. The summed E-state index contributed by atoms with van der Waals surface area (Å²) in [7, 11) is 1.58. The van der Waals surface area contributed by atoms with E-state index in [0.29, 0.717) is 43.8 Å². The van der Waals surface area contributed by atoms with Gasteiger partial charge in [0.25, 0.3) is 0 Å². The Morgan fingerprint density at radius 1 is 1.13 bits per heavy atom. The van der Waals surface area contributed by atoms with Gasteiger partial charge in [-0.15, -0.1) is 0 Å². The van der Waals surface area contributed by atoms with Crippen molar-refractivity contribution in [2.24, 2.45) is 5.92 Å². The Labute approximate surface area is 176 Å². The fraction of sp³-hybridized carbons (Fsp3) is 0.409. The first-order valence-electron chi connectivity index (χ1n) is 10.3. The van der Waals surface area contributed by atoms with Crippen molar-refractivity contribution in [3.8, 4) is 5.75 Å². The van der Waals surface area contributed by atoms with Gasteiger partial charge in [0.2, 0.25) is 11.8 Å². The zero-order valence-corrected chi connectivity index (χ0v) is 17.0. The quantitative estimate of drug-likeness (QED) is 0.698. The molecule has 30 heavy (non-hydrogen) atoms. The zero-order chi connectivity index (χ0) is 20.9. The van der Waals surface area contributed by atoms with Crippen LogP contribution in [0.25, 0.3) is 0 Å². The first-order valence-corrected chi connectivity index (χ1v) is 10.3. The third-order valence-electron chi connectivity index (χ3n) is 5.83. The van der Waals surface area contributed by atoms with Crippen LogP contribution in [0.1, 0.15) is 30.9 Å². The number of nitrogens with zero attached hydrogens (tertiary/aromatic N) is 2. The Kier molecular flexibility index (Phi) is 6.25. The molecule has 158 valence electrons. The highest BCUT2D eigenvalue weighted by Gasteiger charge is 2.35. The molecule has 2 unspecified atom stereocenters. The van der Waals surface area contributed by atoms with Gasteiger partial charge in [-0.05, 0) is 43.0 Å². The summed E-state index contributed by atoms with van der Waals surface area (Å²) in [6, 6.07) is 11.1. The number of hydrogen-bond donors (Lipinski definition) is 3. The third-order valence-corrected chi connectivity index (χ3v) is 5.83. The number of anilines is 1. The van der Waals surface area contributed by atoms with E-state index in [0.717, 1.165) is 5.56 Å². The number of carbonyl (C=O) groups is 2. The fourth-order valence-corrected chi connectivity index (χ4v) is 4.08. The largest absolute Gasteiger partial charge is 0.495 e. The number of pyridine rings is 1. The van der Waals surface area contributed by atoms with Crippen molar-refractivity contribution in [2.45, 2.75) is 31.3 Å². The normalized spacial score (nSPS) is 22.0. The van der Waals surface area contributed by atoms with Gasteiger partial charge in [-0.25, -0.2) is 10.9 Å². The highest BCUT2D eigenvalue weighted by atomic mass is 16.5. The van der Waals surface area contributed by atoms with Crippen LogP contribution in [0, 0.1) is 5.92 Å². The maximum absolute atomic E-state index is 12.9. The summed E-state index contributed by atoms with van der Waals surface area (Å²) in [5, 5.41) is 2.96. The zero-order valence-electron chi connectivity index (χ0n) is 17.0. The highest BCUT2D eigenvalue weighted by molar-refractivity contribution is 5.94. The number of benzene rings is 1. The number of para-hydroxylation sites is 2. The van der Waals surface area contributed by atoms with E-state index >= 15 is 0 Å². The van der Waals surface area contributed by atoms with E-state index in [1.54, 1.807) is 13.3 Å². The van der Waals surface area contributed by atoms with Crippen LogP contribution in [0.15, 0.2) is 48.8 Å². The minimum absolute atomic E-state index is 0.0242. The summed E-state index contributed by atoms with van der Waals surface area (Å²) in [5.41, 5.74) is 8.05. The van der Waals surface area contributed by atoms with Crippen LogP contribution in [0.3, 0.4) is 0 Å². The average Bonchev–Trinajstić information content (AvgIpc) is 3.30. The second-order valence-corrected chi connectivity index (χ2v) is 7.71. The highest BCUT2D eigenvalue weighted by Crippen LogP contribution is 2.27. The van der Waals surface area contributed by atoms with E-state index in [1.165, 1.54) is 0 Å². The lowest BCUT2D eigenvalue weighted by Crippen LogP contribution is -2.49. The lowest BCUT2D eigenvalue weighted by atomic mass is 9.94. The van der Waals surface area contributed by atoms with Gasteiger partial charge in [-0.2, -0.15) is 0 Å². The molecule has 8 nitrogen and oxygen atoms in total. The Balaban J connectivity index is 1.28. The van der Waals surface area contributed by atoms with Crippen LogP contribution < -0.4 is 20.9 Å². The van der Waals surface area contributed by atoms with Crippen LogP contribution in [-0.4, -0.2) is 47.9 Å². The number of nitrogens with one attached hydrogen (secondary N) is 3. The summed E-state index contributed by atoms with van der Waals surface area (Å²) < 4.78 is 5.30. The predicted octanol–water partition coefficient (Wildman–Crippen LogP) is 1.88. The molecule has 3 N–H and O–H groups in total. The number of likely N-dealkylation sites (tertiary alicyclic amines) is 1. The Morgan fingerprint density at radius 2 is 1.93 bits per heavy atom. The topological polar surface area (TPSA) is 95.6 Å². The molecule has 0 bridgehead atoms. The molecule has 2 atom stereocenters. The summed E-state index contributed by atoms with van der Waals surface area (Å²) in [5.74, 6) is 0.583. The number of ether oxygens (including phenoxy) is 1. The first-order chi connectivity index (χ1) is 14.7. The molecule has 2 saturated heterocycles. The summed E-state index contributed by atoms with van der Waals surface area (Å²) in [6.07, 6.45) is 5.54. The van der Waals surface area contributed by atoms with Gasteiger partial charge < -0.3 is 15.0 Å². The molecule has 2 fully saturated rings. The number of aromatic nitrogens is 1. The molecule has 0 saturated carbocycles. The molecule has 2 aliphatic rings. The lowest BCUT2D eigenvalue weighted by molar-refractivity contribution is -0.136. The third kappa shape index (κ3) is 4.44. The van der Waals surface area contributed by atoms with Gasteiger partial charge >= 0.3 is 0 Å². The van der Waals surface area contributed by atoms with E-state index in [2.05, 4.69) is 21.2 Å². The molecule has 8 heteroatoms. The van der Waals surface area contributed by atoms with Gasteiger partial charge in [-0.1, -0.05) is 18.2 Å². The second kappa shape index (κ2) is 9.23. The van der Waals surface area contributed by atoms with Crippen molar-refractivity contribution in [3.05, 3.63) is 54.4 Å². The molecule has 2 amide bonds. The Hall–Kier alpha value is -2.97. The molecule has 0 aliphatic carbocycles. The van der Waals surface area contributed by atoms with Crippen molar-refractivity contribution in [1.29, 1.82) is 0 Å². The molecule has 1 aromatic carbocycles. The summed E-state index contributed by atoms with van der Waals surface area (Å²) in [4.78, 5) is 31.6. The number of piperidine rings is 1. The van der Waals surface area contributed by atoms with Gasteiger partial charge in [0, 0.05) is 37.4 Å². The standard InChI is InChI=1S/C22H27N5O3/c1-30-20-7-3-2-6-17(20)24-21(28)15-8-11-27(12-9-15)22(29)19-13-18(25-26-19)16-5-4-10-23-14-16/h2-7,10,14-15,18-19,25-26H,8-9,11-13H2,1H3,(H,24,28). The SMILES string of the molecule is COc1ccccc1NC(=O)C1CCN(C(=O)C2CC(c3cccnc3)NN2)CC1. The van der Waals surface area contributed by atoms with E-state index in [-0.39, 0.29) is 29.8 Å². The molecule has 4 rings (SSSR count). The molecule has 2 aromatic rings.